The summed E-state index contributed by atoms with van der Waals surface area (Å²) in [5.74, 6) is -4.35. The molecule has 4 N–H and O–H groups in total. The SMILES string of the molecule is CCOC(=O)CCCn1nc(-c2ccc(OCCCN(C)C)cc2)c2cccnc21.O=C(O)C=CC(=O)O.O=C(O)C=CC(=O)O. The van der Waals surface area contributed by atoms with E-state index in [-0.39, 0.29) is 5.97 Å². The molecule has 2 aromatic heterocycles. The van der Waals surface area contributed by atoms with E-state index in [4.69, 9.17) is 35.0 Å². The lowest BCUT2D eigenvalue weighted by Crippen LogP contribution is -2.15. The molecule has 0 amide bonds. The second-order valence-corrected chi connectivity index (χ2v) is 9.40. The summed E-state index contributed by atoms with van der Waals surface area (Å²) >= 11 is 0. The minimum atomic E-state index is -1.26. The first-order valence-electron chi connectivity index (χ1n) is 14.0. The number of aryl methyl sites for hydroxylation is 1. The number of carboxylic acids is 4. The average Bonchev–Trinajstić information content (AvgIpc) is 3.37. The van der Waals surface area contributed by atoms with Crippen LogP contribution in [0.5, 0.6) is 5.75 Å². The number of esters is 1. The Morgan fingerprint density at radius 2 is 1.41 bits per heavy atom. The van der Waals surface area contributed by atoms with Crippen LogP contribution < -0.4 is 4.74 Å². The highest BCUT2D eigenvalue weighted by Crippen LogP contribution is 2.28. The Balaban J connectivity index is 0.000000545. The van der Waals surface area contributed by atoms with Crippen LogP contribution in [0.3, 0.4) is 0 Å². The van der Waals surface area contributed by atoms with Crippen LogP contribution in [0.1, 0.15) is 26.2 Å². The zero-order valence-corrected chi connectivity index (χ0v) is 25.7. The zero-order chi connectivity index (χ0) is 34.5. The maximum Gasteiger partial charge on any atom is 0.328 e. The van der Waals surface area contributed by atoms with Gasteiger partial charge in [-0.3, -0.25) is 4.79 Å². The van der Waals surface area contributed by atoms with Crippen LogP contribution in [0.25, 0.3) is 22.3 Å². The molecule has 0 bridgehead atoms. The number of pyridine rings is 1. The number of carboxylic acid groups (broad SMARTS) is 4. The third kappa shape index (κ3) is 16.3. The van der Waals surface area contributed by atoms with Crippen LogP contribution in [0.2, 0.25) is 0 Å². The van der Waals surface area contributed by atoms with Gasteiger partial charge in [-0.1, -0.05) is 0 Å². The topological polar surface area (TPSA) is 219 Å². The van der Waals surface area contributed by atoms with Gasteiger partial charge in [-0.15, -0.1) is 0 Å². The number of carbonyl (C=O) groups excluding carboxylic acids is 1. The molecule has 0 unspecified atom stereocenters. The lowest BCUT2D eigenvalue weighted by molar-refractivity contribution is -0.143. The van der Waals surface area contributed by atoms with Gasteiger partial charge in [0.05, 0.1) is 13.2 Å². The van der Waals surface area contributed by atoms with Crippen LogP contribution in [0.4, 0.5) is 0 Å². The highest BCUT2D eigenvalue weighted by Gasteiger charge is 2.14. The normalized spacial score (nSPS) is 10.6. The number of benzene rings is 1. The Hall–Kier alpha value is -5.57. The van der Waals surface area contributed by atoms with Crippen molar-refractivity contribution < 1.29 is 53.9 Å². The van der Waals surface area contributed by atoms with Gasteiger partial charge < -0.3 is 34.8 Å². The molecule has 2 heterocycles. The van der Waals surface area contributed by atoms with Crippen LogP contribution in [-0.4, -0.2) is 104 Å². The molecule has 0 aliphatic carbocycles. The van der Waals surface area contributed by atoms with E-state index in [1.165, 1.54) is 0 Å². The summed E-state index contributed by atoms with van der Waals surface area (Å²) < 4.78 is 12.7. The van der Waals surface area contributed by atoms with Gasteiger partial charge >= 0.3 is 29.8 Å². The van der Waals surface area contributed by atoms with Crippen LogP contribution in [0, 0.1) is 0 Å². The van der Waals surface area contributed by atoms with Gasteiger partial charge in [0.25, 0.3) is 0 Å². The summed E-state index contributed by atoms with van der Waals surface area (Å²) in [7, 11) is 4.12. The largest absolute Gasteiger partial charge is 0.494 e. The number of aliphatic carboxylic acids is 4. The first kappa shape index (κ1) is 38.5. The van der Waals surface area contributed by atoms with Crippen molar-refractivity contribution >= 4 is 40.9 Å². The molecule has 0 fully saturated rings. The van der Waals surface area contributed by atoms with Crippen molar-refractivity contribution in [3.63, 3.8) is 0 Å². The molecule has 15 heteroatoms. The van der Waals surface area contributed by atoms with E-state index in [1.807, 2.05) is 48.0 Å². The quantitative estimate of drug-likeness (QED) is 0.106. The molecule has 1 aromatic carbocycles. The monoisotopic (exact) mass is 642 g/mol. The minimum absolute atomic E-state index is 0.177. The number of aromatic nitrogens is 3. The van der Waals surface area contributed by atoms with Crippen molar-refractivity contribution in [2.24, 2.45) is 0 Å². The van der Waals surface area contributed by atoms with Crippen molar-refractivity contribution in [3.8, 4) is 17.0 Å². The molecule has 15 nitrogen and oxygen atoms in total. The van der Waals surface area contributed by atoms with E-state index in [2.05, 4.69) is 24.0 Å². The van der Waals surface area contributed by atoms with Gasteiger partial charge in [0.2, 0.25) is 0 Å². The molecule has 0 atom stereocenters. The standard InChI is InChI=1S/C23H30N4O3.2C4H4O4/c1-4-29-21(28)9-6-16-27-23-20(8-5-14-24-23)22(25-27)18-10-12-19(13-11-18)30-17-7-15-26(2)3;2*5-3(6)1-2-4(7)8/h5,8,10-14H,4,6-7,9,15-17H2,1-3H3;2*1-2H,(H,5,6)(H,7,8). The number of ether oxygens (including phenoxy) is 2. The first-order chi connectivity index (χ1) is 21.8. The number of nitrogens with zero attached hydrogens (tertiary/aromatic N) is 4. The molecule has 46 heavy (non-hydrogen) atoms. The molecule has 3 aromatic rings. The van der Waals surface area contributed by atoms with Crippen molar-refractivity contribution in [1.29, 1.82) is 0 Å². The number of hydrogen-bond acceptors (Lipinski definition) is 10. The van der Waals surface area contributed by atoms with E-state index in [9.17, 15) is 24.0 Å². The average molecular weight is 643 g/mol. The van der Waals surface area contributed by atoms with Crippen LogP contribution in [0.15, 0.2) is 66.9 Å². The maximum absolute atomic E-state index is 11.6. The molecule has 0 spiro atoms. The maximum atomic E-state index is 11.6. The number of carbonyl (C=O) groups is 5. The van der Waals surface area contributed by atoms with Crippen molar-refractivity contribution in [2.75, 3.05) is 33.9 Å². The van der Waals surface area contributed by atoms with Crippen LogP contribution >= 0.6 is 0 Å². The highest BCUT2D eigenvalue weighted by molar-refractivity contribution is 5.91. The summed E-state index contributed by atoms with van der Waals surface area (Å²) in [5.41, 5.74) is 2.71. The summed E-state index contributed by atoms with van der Waals surface area (Å²) in [6.45, 7) is 4.53. The molecule has 0 aliphatic heterocycles. The van der Waals surface area contributed by atoms with Gasteiger partial charge in [0, 0.05) is 61.0 Å². The van der Waals surface area contributed by atoms with Gasteiger partial charge in [0.1, 0.15) is 11.4 Å². The third-order valence-corrected chi connectivity index (χ3v) is 5.45. The fourth-order valence-corrected chi connectivity index (χ4v) is 3.55. The van der Waals surface area contributed by atoms with E-state index in [0.29, 0.717) is 56.9 Å². The van der Waals surface area contributed by atoms with Gasteiger partial charge in [-0.25, -0.2) is 28.8 Å². The predicted molar refractivity (Wildman–Crippen MR) is 166 cm³/mol. The first-order valence-corrected chi connectivity index (χ1v) is 14.0. The van der Waals surface area contributed by atoms with Crippen molar-refractivity contribution in [2.45, 2.75) is 32.7 Å². The van der Waals surface area contributed by atoms with E-state index in [0.717, 1.165) is 41.0 Å². The second kappa shape index (κ2) is 21.2. The van der Waals surface area contributed by atoms with E-state index < -0.39 is 23.9 Å². The van der Waals surface area contributed by atoms with Crippen LogP contribution in [-0.2, 0) is 35.3 Å². The molecular formula is C31H38N4O11. The van der Waals surface area contributed by atoms with Gasteiger partial charge in [0.15, 0.2) is 5.65 Å². The third-order valence-electron chi connectivity index (χ3n) is 5.45. The summed E-state index contributed by atoms with van der Waals surface area (Å²) in [5, 5.41) is 37.0. The Labute approximate surface area is 265 Å². The molecule has 0 aliphatic rings. The molecule has 248 valence electrons. The number of fused-ring (bicyclic) bond motifs is 1. The highest BCUT2D eigenvalue weighted by atomic mass is 16.5. The summed E-state index contributed by atoms with van der Waals surface area (Å²) in [4.78, 5) is 56.5. The number of hydrogen-bond donors (Lipinski definition) is 4. The van der Waals surface area contributed by atoms with Crippen molar-refractivity contribution in [1.82, 2.24) is 19.7 Å². The predicted octanol–water partition coefficient (Wildman–Crippen LogP) is 3.20. The fraction of sp³-hybridized carbons (Fsp3) is 0.323. The van der Waals surface area contributed by atoms with E-state index in [1.54, 1.807) is 6.20 Å². The van der Waals surface area contributed by atoms with Gasteiger partial charge in [-0.2, -0.15) is 5.10 Å². The Morgan fingerprint density at radius 3 is 1.91 bits per heavy atom. The lowest BCUT2D eigenvalue weighted by Gasteiger charge is -2.10. The Kier molecular flexibility index (Phi) is 17.7. The molecule has 0 saturated carbocycles. The molecule has 0 radical (unpaired) electrons. The summed E-state index contributed by atoms with van der Waals surface area (Å²) in [6.07, 6.45) is 6.01. The second-order valence-electron chi connectivity index (χ2n) is 9.40. The lowest BCUT2D eigenvalue weighted by atomic mass is 10.1. The van der Waals surface area contributed by atoms with Gasteiger partial charge in [-0.05, 0) is 70.3 Å². The Morgan fingerprint density at radius 1 is 0.848 bits per heavy atom. The molecule has 3 rings (SSSR count). The van der Waals surface area contributed by atoms with E-state index >= 15 is 0 Å². The zero-order valence-electron chi connectivity index (χ0n) is 25.7. The minimum Gasteiger partial charge on any atom is -0.494 e. The molecule has 0 saturated heterocycles. The fourth-order valence-electron chi connectivity index (χ4n) is 3.55. The summed E-state index contributed by atoms with van der Waals surface area (Å²) in [6, 6.07) is 12.0. The van der Waals surface area contributed by atoms with Crippen molar-refractivity contribution in [3.05, 3.63) is 66.9 Å². The molecular weight excluding hydrogens is 604 g/mol. The smallest absolute Gasteiger partial charge is 0.328 e. The number of rotatable bonds is 15. The Bertz CT molecular complexity index is 1430.